The number of hydrogen-bond donors (Lipinski definition) is 1. The first-order chi connectivity index (χ1) is 16.4. The van der Waals surface area contributed by atoms with Gasteiger partial charge in [0.1, 0.15) is 5.52 Å². The van der Waals surface area contributed by atoms with Gasteiger partial charge in [-0.2, -0.15) is 5.10 Å². The average molecular weight is 457 g/mol. The molecule has 1 fully saturated rings. The van der Waals surface area contributed by atoms with Gasteiger partial charge in [-0.05, 0) is 57.7 Å². The summed E-state index contributed by atoms with van der Waals surface area (Å²) >= 11 is 0. The van der Waals surface area contributed by atoms with Crippen LogP contribution in [0.4, 0.5) is 5.95 Å². The number of aryl methyl sites for hydroxylation is 3. The van der Waals surface area contributed by atoms with E-state index in [2.05, 4.69) is 26.9 Å². The van der Waals surface area contributed by atoms with E-state index in [1.165, 1.54) is 4.68 Å². The zero-order valence-corrected chi connectivity index (χ0v) is 20.0. The highest BCUT2D eigenvalue weighted by Gasteiger charge is 2.24. The predicted molar refractivity (Wildman–Crippen MR) is 133 cm³/mol. The zero-order chi connectivity index (χ0) is 24.0. The SMILES string of the molecule is CC#Cn1c(N2CCCC(N)C2)nc2cnn(Cc3cc(C)c4nc(C)c(C)nc4c3)c(=O)c21. The van der Waals surface area contributed by atoms with Crippen molar-refractivity contribution in [3.8, 4) is 12.0 Å². The van der Waals surface area contributed by atoms with Gasteiger partial charge >= 0.3 is 0 Å². The summed E-state index contributed by atoms with van der Waals surface area (Å²) in [4.78, 5) is 29.7. The van der Waals surface area contributed by atoms with Crippen LogP contribution in [0.3, 0.4) is 0 Å². The van der Waals surface area contributed by atoms with Gasteiger partial charge in [-0.3, -0.25) is 4.79 Å². The minimum atomic E-state index is -0.232. The number of fused-ring (bicyclic) bond motifs is 2. The number of nitrogens with two attached hydrogens (primary N) is 1. The van der Waals surface area contributed by atoms with Crippen LogP contribution in [0.15, 0.2) is 23.1 Å². The summed E-state index contributed by atoms with van der Waals surface area (Å²) in [5.41, 5.74) is 12.4. The number of rotatable bonds is 3. The first kappa shape index (κ1) is 22.0. The third-order valence-electron chi connectivity index (χ3n) is 6.37. The molecule has 0 radical (unpaired) electrons. The third kappa shape index (κ3) is 3.80. The molecule has 0 saturated carbocycles. The summed E-state index contributed by atoms with van der Waals surface area (Å²) in [5.74, 6) is 3.57. The van der Waals surface area contributed by atoms with Crippen molar-refractivity contribution in [2.24, 2.45) is 5.73 Å². The minimum Gasteiger partial charge on any atom is -0.340 e. The zero-order valence-electron chi connectivity index (χ0n) is 20.0. The molecule has 5 rings (SSSR count). The van der Waals surface area contributed by atoms with Gasteiger partial charge in [-0.1, -0.05) is 12.0 Å². The molecule has 9 heteroatoms. The highest BCUT2D eigenvalue weighted by atomic mass is 16.1. The molecule has 1 aromatic carbocycles. The Balaban J connectivity index is 1.59. The molecular formula is C25H28N8O. The maximum absolute atomic E-state index is 13.5. The van der Waals surface area contributed by atoms with E-state index < -0.39 is 0 Å². The van der Waals surface area contributed by atoms with Crippen LogP contribution in [0, 0.1) is 32.7 Å². The lowest BCUT2D eigenvalue weighted by Crippen LogP contribution is -2.43. The van der Waals surface area contributed by atoms with Gasteiger partial charge in [0.25, 0.3) is 5.56 Å². The first-order valence-electron chi connectivity index (χ1n) is 11.5. The molecule has 0 bridgehead atoms. The first-order valence-corrected chi connectivity index (χ1v) is 11.5. The molecule has 1 aliphatic rings. The fourth-order valence-electron chi connectivity index (χ4n) is 4.59. The number of nitrogens with zero attached hydrogens (tertiary/aromatic N) is 7. The quantitative estimate of drug-likeness (QED) is 0.471. The van der Waals surface area contributed by atoms with Crippen molar-refractivity contribution >= 4 is 28.0 Å². The van der Waals surface area contributed by atoms with Gasteiger partial charge in [0.15, 0.2) is 5.52 Å². The number of piperidine rings is 1. The lowest BCUT2D eigenvalue weighted by Gasteiger charge is -2.31. The molecule has 1 atom stereocenters. The minimum absolute atomic E-state index is 0.0815. The van der Waals surface area contributed by atoms with Crippen molar-refractivity contribution < 1.29 is 0 Å². The lowest BCUT2D eigenvalue weighted by molar-refractivity contribution is 0.499. The second-order valence-electron chi connectivity index (χ2n) is 8.97. The molecule has 2 N–H and O–H groups in total. The third-order valence-corrected chi connectivity index (χ3v) is 6.37. The van der Waals surface area contributed by atoms with E-state index in [0.29, 0.717) is 30.1 Å². The van der Waals surface area contributed by atoms with Gasteiger partial charge in [0.2, 0.25) is 5.95 Å². The molecule has 0 amide bonds. The van der Waals surface area contributed by atoms with Crippen LogP contribution in [-0.2, 0) is 6.54 Å². The van der Waals surface area contributed by atoms with E-state index in [4.69, 9.17) is 15.7 Å². The Morgan fingerprint density at radius 1 is 1.12 bits per heavy atom. The Labute approximate surface area is 197 Å². The monoisotopic (exact) mass is 456 g/mol. The molecule has 9 nitrogen and oxygen atoms in total. The number of benzene rings is 1. The largest absolute Gasteiger partial charge is 0.340 e. The van der Waals surface area contributed by atoms with Crippen LogP contribution in [0.5, 0.6) is 0 Å². The summed E-state index contributed by atoms with van der Waals surface area (Å²) in [6.07, 6.45) is 3.61. The molecule has 34 heavy (non-hydrogen) atoms. The van der Waals surface area contributed by atoms with E-state index in [1.807, 2.05) is 32.9 Å². The van der Waals surface area contributed by atoms with Crippen molar-refractivity contribution in [3.63, 3.8) is 0 Å². The molecule has 4 heterocycles. The maximum Gasteiger partial charge on any atom is 0.294 e. The summed E-state index contributed by atoms with van der Waals surface area (Å²) in [7, 11) is 0. The molecule has 3 aromatic heterocycles. The van der Waals surface area contributed by atoms with Crippen LogP contribution in [0.25, 0.3) is 22.1 Å². The van der Waals surface area contributed by atoms with E-state index in [-0.39, 0.29) is 11.6 Å². The molecule has 0 spiro atoms. The Kier molecular flexibility index (Phi) is 5.54. The molecule has 1 unspecified atom stereocenters. The number of anilines is 1. The molecular weight excluding hydrogens is 428 g/mol. The van der Waals surface area contributed by atoms with E-state index >= 15 is 0 Å². The van der Waals surface area contributed by atoms with Crippen LogP contribution in [0.2, 0.25) is 0 Å². The fourth-order valence-corrected chi connectivity index (χ4v) is 4.59. The van der Waals surface area contributed by atoms with Gasteiger partial charge in [-0.25, -0.2) is 24.2 Å². The van der Waals surface area contributed by atoms with E-state index in [1.54, 1.807) is 17.7 Å². The number of imidazole rings is 1. The van der Waals surface area contributed by atoms with E-state index in [9.17, 15) is 4.79 Å². The van der Waals surface area contributed by atoms with Crippen LogP contribution in [-0.4, -0.2) is 48.4 Å². The van der Waals surface area contributed by atoms with Crippen LogP contribution >= 0.6 is 0 Å². The fraction of sp³-hybridized carbons (Fsp3) is 0.400. The normalized spacial score (nSPS) is 16.1. The Hall–Kier alpha value is -3.77. The number of aromatic nitrogens is 6. The Morgan fingerprint density at radius 3 is 2.68 bits per heavy atom. The van der Waals surface area contributed by atoms with Crippen LogP contribution in [0.1, 0.15) is 42.3 Å². The van der Waals surface area contributed by atoms with Gasteiger partial charge in [0.05, 0.1) is 35.2 Å². The maximum atomic E-state index is 13.5. The van der Waals surface area contributed by atoms with Crippen molar-refractivity contribution in [1.82, 2.24) is 29.3 Å². The van der Waals surface area contributed by atoms with Crippen molar-refractivity contribution in [1.29, 1.82) is 0 Å². The van der Waals surface area contributed by atoms with Crippen LogP contribution < -0.4 is 16.2 Å². The molecule has 0 aliphatic carbocycles. The standard InChI is InChI=1S/C25H28N8O/c1-5-8-32-23-21(30-25(32)31-9-6-7-19(26)14-31)12-27-33(24(23)34)13-18-10-15(2)22-20(11-18)28-16(3)17(4)29-22/h10-12,19H,6-7,9,13-14,26H2,1-4H3. The Morgan fingerprint density at radius 2 is 1.91 bits per heavy atom. The predicted octanol–water partition coefficient (Wildman–Crippen LogP) is 2.27. The lowest BCUT2D eigenvalue weighted by atomic mass is 10.1. The van der Waals surface area contributed by atoms with Crippen molar-refractivity contribution in [3.05, 3.63) is 51.2 Å². The average Bonchev–Trinajstić information content (AvgIpc) is 3.17. The topological polar surface area (TPSA) is 108 Å². The summed E-state index contributed by atoms with van der Waals surface area (Å²) in [6, 6.07) is 7.14. The smallest absolute Gasteiger partial charge is 0.294 e. The summed E-state index contributed by atoms with van der Waals surface area (Å²) in [6.45, 7) is 9.51. The number of hydrogen-bond acceptors (Lipinski definition) is 7. The Bertz CT molecular complexity index is 1540. The summed E-state index contributed by atoms with van der Waals surface area (Å²) < 4.78 is 3.15. The molecule has 4 aromatic rings. The second-order valence-corrected chi connectivity index (χ2v) is 8.97. The highest BCUT2D eigenvalue weighted by Crippen LogP contribution is 2.23. The van der Waals surface area contributed by atoms with E-state index in [0.717, 1.165) is 52.9 Å². The second kappa shape index (κ2) is 8.54. The molecule has 174 valence electrons. The van der Waals surface area contributed by atoms with Gasteiger partial charge < -0.3 is 10.6 Å². The molecule has 1 saturated heterocycles. The van der Waals surface area contributed by atoms with Gasteiger partial charge in [-0.15, -0.1) is 0 Å². The van der Waals surface area contributed by atoms with Crippen molar-refractivity contribution in [2.45, 2.75) is 53.1 Å². The summed E-state index contributed by atoms with van der Waals surface area (Å²) in [5, 5.41) is 4.42. The molecule has 1 aliphatic heterocycles. The highest BCUT2D eigenvalue weighted by molar-refractivity contribution is 5.80. The van der Waals surface area contributed by atoms with Crippen molar-refractivity contribution in [2.75, 3.05) is 18.0 Å². The van der Waals surface area contributed by atoms with Gasteiger partial charge in [0, 0.05) is 25.2 Å².